The number of para-hydroxylation sites is 1. The highest BCUT2D eigenvalue weighted by atomic mass is 16.5. The van der Waals surface area contributed by atoms with Crippen molar-refractivity contribution >= 4 is 16.7 Å². The molecule has 0 aliphatic carbocycles. The zero-order valence-corrected chi connectivity index (χ0v) is 16.0. The van der Waals surface area contributed by atoms with E-state index in [0.29, 0.717) is 17.1 Å². The number of hydrogen-bond acceptors (Lipinski definition) is 5. The van der Waals surface area contributed by atoms with Gasteiger partial charge in [0.1, 0.15) is 17.4 Å². The molecule has 2 heterocycles. The standard InChI is InChI=1S/C23H18N4O2/c1-27-13-19(16-5-3-4-6-20(16)27)22-17(11-24)21(18(12-25)23(26)29-22)14-7-9-15(28-2)10-8-14/h3-10,13,21H,26H2,1-2H3. The van der Waals surface area contributed by atoms with Crippen LogP contribution in [0.3, 0.4) is 0 Å². The fourth-order valence-electron chi connectivity index (χ4n) is 3.72. The second-order valence-corrected chi connectivity index (χ2v) is 6.72. The van der Waals surface area contributed by atoms with Crippen LogP contribution in [-0.2, 0) is 11.8 Å². The number of fused-ring (bicyclic) bond motifs is 1. The highest BCUT2D eigenvalue weighted by Crippen LogP contribution is 2.43. The zero-order valence-electron chi connectivity index (χ0n) is 16.0. The molecule has 1 aliphatic rings. The maximum atomic E-state index is 10.0. The fraction of sp³-hybridized carbons (Fsp3) is 0.130. The lowest BCUT2D eigenvalue weighted by atomic mass is 9.82. The normalized spacial score (nSPS) is 16.3. The Morgan fingerprint density at radius 1 is 1.03 bits per heavy atom. The van der Waals surface area contributed by atoms with Crippen LogP contribution in [0.1, 0.15) is 17.0 Å². The van der Waals surface area contributed by atoms with Gasteiger partial charge in [0.15, 0.2) is 5.76 Å². The van der Waals surface area contributed by atoms with Crippen molar-refractivity contribution in [3.05, 3.63) is 82.9 Å². The first-order chi connectivity index (χ1) is 14.1. The topological polar surface area (TPSA) is 97.0 Å². The minimum atomic E-state index is -0.612. The number of nitrogens with two attached hydrogens (primary N) is 1. The van der Waals surface area contributed by atoms with E-state index in [9.17, 15) is 10.5 Å². The lowest BCUT2D eigenvalue weighted by Crippen LogP contribution is -2.20. The van der Waals surface area contributed by atoms with Crippen molar-refractivity contribution in [1.29, 1.82) is 10.5 Å². The molecule has 29 heavy (non-hydrogen) atoms. The van der Waals surface area contributed by atoms with Gasteiger partial charge in [-0.3, -0.25) is 0 Å². The van der Waals surface area contributed by atoms with Crippen molar-refractivity contribution in [3.63, 3.8) is 0 Å². The van der Waals surface area contributed by atoms with Crippen molar-refractivity contribution in [2.45, 2.75) is 5.92 Å². The van der Waals surface area contributed by atoms with Crippen LogP contribution in [0.4, 0.5) is 0 Å². The van der Waals surface area contributed by atoms with Gasteiger partial charge >= 0.3 is 0 Å². The third-order valence-corrected chi connectivity index (χ3v) is 5.13. The fourth-order valence-corrected chi connectivity index (χ4v) is 3.72. The van der Waals surface area contributed by atoms with Gasteiger partial charge in [0.05, 0.1) is 24.7 Å². The summed E-state index contributed by atoms with van der Waals surface area (Å²) in [5.41, 5.74) is 9.23. The van der Waals surface area contributed by atoms with Crippen molar-refractivity contribution in [2.75, 3.05) is 7.11 Å². The second-order valence-electron chi connectivity index (χ2n) is 6.72. The third-order valence-electron chi connectivity index (χ3n) is 5.13. The van der Waals surface area contributed by atoms with E-state index in [4.69, 9.17) is 15.2 Å². The number of aromatic nitrogens is 1. The molecule has 2 aromatic carbocycles. The molecule has 6 heteroatoms. The highest BCUT2D eigenvalue weighted by Gasteiger charge is 2.34. The van der Waals surface area contributed by atoms with E-state index in [1.54, 1.807) is 19.2 Å². The van der Waals surface area contributed by atoms with Gasteiger partial charge in [-0.2, -0.15) is 10.5 Å². The van der Waals surface area contributed by atoms with Gasteiger partial charge in [0.25, 0.3) is 0 Å². The van der Waals surface area contributed by atoms with Gasteiger partial charge in [-0.15, -0.1) is 0 Å². The minimum absolute atomic E-state index is 0.00949. The molecule has 0 amide bonds. The predicted octanol–water partition coefficient (Wildman–Crippen LogP) is 3.93. The molecular formula is C23H18N4O2. The molecule has 2 N–H and O–H groups in total. The molecule has 142 valence electrons. The summed E-state index contributed by atoms with van der Waals surface area (Å²) in [6.07, 6.45) is 1.91. The Balaban J connectivity index is 1.96. The molecule has 1 aliphatic heterocycles. The van der Waals surface area contributed by atoms with Crippen LogP contribution in [0.25, 0.3) is 16.7 Å². The average molecular weight is 382 g/mol. The maximum Gasteiger partial charge on any atom is 0.205 e. The van der Waals surface area contributed by atoms with Crippen LogP contribution >= 0.6 is 0 Å². The number of nitriles is 2. The molecule has 1 aromatic heterocycles. The molecule has 0 spiro atoms. The molecule has 0 bridgehead atoms. The van der Waals surface area contributed by atoms with E-state index in [1.165, 1.54) is 0 Å². The van der Waals surface area contributed by atoms with Crippen LogP contribution in [0, 0.1) is 22.7 Å². The quantitative estimate of drug-likeness (QED) is 0.740. The largest absolute Gasteiger partial charge is 0.497 e. The molecule has 4 rings (SSSR count). The molecule has 6 nitrogen and oxygen atoms in total. The van der Waals surface area contributed by atoms with Gasteiger partial charge < -0.3 is 19.8 Å². The van der Waals surface area contributed by atoms with Gasteiger partial charge in [-0.25, -0.2) is 0 Å². The smallest absolute Gasteiger partial charge is 0.205 e. The number of hydrogen-bond donors (Lipinski definition) is 1. The highest BCUT2D eigenvalue weighted by molar-refractivity contribution is 5.94. The molecule has 0 fully saturated rings. The van der Waals surface area contributed by atoms with Crippen LogP contribution in [0.15, 0.2) is 71.8 Å². The SMILES string of the molecule is COc1ccc(C2C(C#N)=C(N)OC(c3cn(C)c4ccccc34)=C2C#N)cc1. The van der Waals surface area contributed by atoms with Gasteiger partial charge in [0, 0.05) is 29.7 Å². The van der Waals surface area contributed by atoms with Crippen LogP contribution < -0.4 is 10.5 Å². The number of rotatable bonds is 3. The van der Waals surface area contributed by atoms with Crippen LogP contribution in [-0.4, -0.2) is 11.7 Å². The predicted molar refractivity (Wildman–Crippen MR) is 109 cm³/mol. The van der Waals surface area contributed by atoms with Crippen molar-refractivity contribution in [1.82, 2.24) is 4.57 Å². The van der Waals surface area contributed by atoms with E-state index < -0.39 is 5.92 Å². The molecule has 1 unspecified atom stereocenters. The van der Waals surface area contributed by atoms with Gasteiger partial charge in [-0.05, 0) is 23.8 Å². The Kier molecular flexibility index (Phi) is 4.46. The lowest BCUT2D eigenvalue weighted by molar-refractivity contribution is 0.357. The minimum Gasteiger partial charge on any atom is -0.497 e. The Bertz CT molecular complexity index is 1250. The third kappa shape index (κ3) is 2.88. The molecule has 1 atom stereocenters. The molecule has 3 aromatic rings. The summed E-state index contributed by atoms with van der Waals surface area (Å²) in [7, 11) is 3.52. The number of benzene rings is 2. The second kappa shape index (κ2) is 7.10. The monoisotopic (exact) mass is 382 g/mol. The Hall–Kier alpha value is -4.16. The summed E-state index contributed by atoms with van der Waals surface area (Å²) in [5.74, 6) is 0.462. The summed E-state index contributed by atoms with van der Waals surface area (Å²) in [6, 6.07) is 19.5. The molecular weight excluding hydrogens is 364 g/mol. The summed E-state index contributed by atoms with van der Waals surface area (Å²) in [4.78, 5) is 0. The Morgan fingerprint density at radius 3 is 2.38 bits per heavy atom. The Labute approximate surface area is 168 Å². The van der Waals surface area contributed by atoms with E-state index in [1.807, 2.05) is 54.2 Å². The first-order valence-corrected chi connectivity index (χ1v) is 8.99. The summed E-state index contributed by atoms with van der Waals surface area (Å²) < 4.78 is 13.0. The number of methoxy groups -OCH3 is 1. The van der Waals surface area contributed by atoms with Crippen LogP contribution in [0.2, 0.25) is 0 Å². The van der Waals surface area contributed by atoms with E-state index in [0.717, 1.165) is 22.0 Å². The molecule has 0 radical (unpaired) electrons. The van der Waals surface area contributed by atoms with Crippen molar-refractivity contribution in [2.24, 2.45) is 12.8 Å². The van der Waals surface area contributed by atoms with E-state index >= 15 is 0 Å². The summed E-state index contributed by atoms with van der Waals surface area (Å²) in [6.45, 7) is 0. The first-order valence-electron chi connectivity index (χ1n) is 8.99. The summed E-state index contributed by atoms with van der Waals surface area (Å²) in [5, 5.41) is 20.7. The van der Waals surface area contributed by atoms with E-state index in [-0.39, 0.29) is 11.5 Å². The van der Waals surface area contributed by atoms with Gasteiger partial charge in [-0.1, -0.05) is 30.3 Å². The zero-order chi connectivity index (χ0) is 20.5. The van der Waals surface area contributed by atoms with Crippen LogP contribution in [0.5, 0.6) is 5.75 Å². The Morgan fingerprint density at radius 2 is 1.72 bits per heavy atom. The summed E-state index contributed by atoms with van der Waals surface area (Å²) >= 11 is 0. The number of ether oxygens (including phenoxy) is 2. The molecule has 0 saturated carbocycles. The molecule has 0 saturated heterocycles. The van der Waals surface area contributed by atoms with E-state index in [2.05, 4.69) is 12.1 Å². The first kappa shape index (κ1) is 18.2. The maximum absolute atomic E-state index is 10.0. The van der Waals surface area contributed by atoms with Crippen molar-refractivity contribution < 1.29 is 9.47 Å². The average Bonchev–Trinajstić information content (AvgIpc) is 3.09. The number of aryl methyl sites for hydroxylation is 1. The number of nitrogens with zero attached hydrogens (tertiary/aromatic N) is 3. The lowest BCUT2D eigenvalue weighted by Gasteiger charge is -2.26. The van der Waals surface area contributed by atoms with Gasteiger partial charge in [0.2, 0.25) is 5.88 Å². The number of allylic oxidation sites excluding steroid dienone is 2. The van der Waals surface area contributed by atoms with Crippen molar-refractivity contribution in [3.8, 4) is 17.9 Å².